The second-order valence-electron chi connectivity index (χ2n) is 9.62. The molecule has 0 amide bonds. The van der Waals surface area contributed by atoms with Gasteiger partial charge in [0.05, 0.1) is 0 Å². The van der Waals surface area contributed by atoms with Gasteiger partial charge in [-0.15, -0.1) is 0 Å². The van der Waals surface area contributed by atoms with Crippen molar-refractivity contribution in [2.75, 3.05) is 66.0 Å². The van der Waals surface area contributed by atoms with Crippen LogP contribution in [-0.4, -0.2) is 75.8 Å². The van der Waals surface area contributed by atoms with Crippen LogP contribution in [0.2, 0.25) is 0 Å². The van der Waals surface area contributed by atoms with Gasteiger partial charge in [0, 0.05) is 39.3 Å². The first-order chi connectivity index (χ1) is 11.2. The van der Waals surface area contributed by atoms with E-state index in [1.807, 2.05) is 0 Å². The smallest absolute Gasteiger partial charge is 0.0107 e. The molecule has 0 unspecified atom stereocenters. The lowest BCUT2D eigenvalue weighted by molar-refractivity contribution is 0.178. The summed E-state index contributed by atoms with van der Waals surface area (Å²) in [5, 5.41) is 7.02. The summed E-state index contributed by atoms with van der Waals surface area (Å²) in [4.78, 5) is 5.09. The van der Waals surface area contributed by atoms with Crippen LogP contribution in [0.25, 0.3) is 0 Å². The summed E-state index contributed by atoms with van der Waals surface area (Å²) in [5.41, 5.74) is 0.881. The van der Waals surface area contributed by atoms with Crippen molar-refractivity contribution in [1.29, 1.82) is 0 Å². The van der Waals surface area contributed by atoms with E-state index in [9.17, 15) is 0 Å². The number of hydrogen-bond donors (Lipinski definition) is 2. The van der Waals surface area contributed by atoms with Crippen LogP contribution < -0.4 is 10.6 Å². The summed E-state index contributed by atoms with van der Waals surface area (Å²) >= 11 is 0. The fourth-order valence-electron chi connectivity index (χ4n) is 2.98. The van der Waals surface area contributed by atoms with Crippen molar-refractivity contribution in [1.82, 2.24) is 20.4 Å². The topological polar surface area (TPSA) is 30.5 Å². The number of nitrogens with one attached hydrogen (secondary N) is 2. The maximum atomic E-state index is 3.58. The van der Waals surface area contributed by atoms with Gasteiger partial charge >= 0.3 is 0 Å². The third kappa shape index (κ3) is 11.4. The predicted octanol–water partition coefficient (Wildman–Crippen LogP) is 2.66. The Kier molecular flexibility index (Phi) is 9.80. The van der Waals surface area contributed by atoms with E-state index < -0.39 is 0 Å². The molecule has 0 aliphatic carbocycles. The van der Waals surface area contributed by atoms with Crippen LogP contribution in [-0.2, 0) is 0 Å². The molecule has 1 aliphatic rings. The second-order valence-corrected chi connectivity index (χ2v) is 9.62. The average molecular weight is 341 g/mol. The zero-order chi connectivity index (χ0) is 18.1. The van der Waals surface area contributed by atoms with Crippen LogP contribution in [0.15, 0.2) is 0 Å². The summed E-state index contributed by atoms with van der Waals surface area (Å²) in [6, 6.07) is 0. The van der Waals surface area contributed by atoms with Gasteiger partial charge in [-0.05, 0) is 56.8 Å². The lowest BCUT2D eigenvalue weighted by Crippen LogP contribution is -2.44. The normalized spacial score (nSPS) is 17.6. The van der Waals surface area contributed by atoms with E-state index >= 15 is 0 Å². The van der Waals surface area contributed by atoms with Crippen molar-refractivity contribution in [3.8, 4) is 0 Å². The Balaban J connectivity index is 2.07. The lowest BCUT2D eigenvalue weighted by atomic mass is 9.85. The minimum atomic E-state index is 0.438. The zero-order valence-electron chi connectivity index (χ0n) is 17.4. The van der Waals surface area contributed by atoms with Crippen LogP contribution in [0.5, 0.6) is 0 Å². The van der Waals surface area contributed by atoms with Crippen LogP contribution in [0.4, 0.5) is 0 Å². The molecule has 0 atom stereocenters. The Morgan fingerprint density at radius 2 is 1.58 bits per heavy atom. The Morgan fingerprint density at radius 1 is 0.917 bits per heavy atom. The molecule has 1 fully saturated rings. The molecule has 0 aromatic rings. The molecule has 0 radical (unpaired) electrons. The standard InChI is InChI=1S/C20H44N4/c1-19(2,3)7-10-21-11-16-23(6)14-8-20(4,5)9-15-24-17-12-22-13-18-24/h21-22H,7-18H2,1-6H3. The van der Waals surface area contributed by atoms with E-state index in [1.165, 1.54) is 45.4 Å². The van der Waals surface area contributed by atoms with Gasteiger partial charge in [0.25, 0.3) is 0 Å². The predicted molar refractivity (Wildman–Crippen MR) is 107 cm³/mol. The largest absolute Gasteiger partial charge is 0.315 e. The van der Waals surface area contributed by atoms with Gasteiger partial charge in [0.2, 0.25) is 0 Å². The van der Waals surface area contributed by atoms with E-state index in [0.717, 1.165) is 32.7 Å². The summed E-state index contributed by atoms with van der Waals surface area (Å²) in [6.07, 6.45) is 3.85. The molecule has 144 valence electrons. The molecule has 1 heterocycles. The third-order valence-corrected chi connectivity index (χ3v) is 5.21. The summed E-state index contributed by atoms with van der Waals surface area (Å²) in [7, 11) is 2.26. The number of nitrogens with zero attached hydrogens (tertiary/aromatic N) is 2. The van der Waals surface area contributed by atoms with Gasteiger partial charge in [-0.1, -0.05) is 34.6 Å². The Hall–Kier alpha value is -0.160. The molecular formula is C20H44N4. The maximum Gasteiger partial charge on any atom is 0.0107 e. The molecule has 1 rings (SSSR count). The first-order valence-corrected chi connectivity index (χ1v) is 10.0. The highest BCUT2D eigenvalue weighted by Gasteiger charge is 2.20. The van der Waals surface area contributed by atoms with E-state index in [1.54, 1.807) is 0 Å². The second kappa shape index (κ2) is 10.7. The van der Waals surface area contributed by atoms with Crippen molar-refractivity contribution < 1.29 is 0 Å². The van der Waals surface area contributed by atoms with E-state index in [2.05, 4.69) is 62.1 Å². The van der Waals surface area contributed by atoms with Gasteiger partial charge in [0.15, 0.2) is 0 Å². The first-order valence-electron chi connectivity index (χ1n) is 10.0. The molecular weight excluding hydrogens is 296 g/mol. The molecule has 2 N–H and O–H groups in total. The Morgan fingerprint density at radius 3 is 2.21 bits per heavy atom. The van der Waals surface area contributed by atoms with Gasteiger partial charge in [-0.2, -0.15) is 0 Å². The number of rotatable bonds is 11. The molecule has 0 aromatic carbocycles. The fourth-order valence-corrected chi connectivity index (χ4v) is 2.98. The highest BCUT2D eigenvalue weighted by Crippen LogP contribution is 2.25. The number of piperazine rings is 1. The van der Waals surface area contributed by atoms with Crippen LogP contribution in [0.3, 0.4) is 0 Å². The van der Waals surface area contributed by atoms with Crippen LogP contribution in [0.1, 0.15) is 53.9 Å². The maximum absolute atomic E-state index is 3.58. The molecule has 0 saturated carbocycles. The average Bonchev–Trinajstić information content (AvgIpc) is 2.51. The van der Waals surface area contributed by atoms with Crippen molar-refractivity contribution in [2.24, 2.45) is 10.8 Å². The molecule has 0 bridgehead atoms. The van der Waals surface area contributed by atoms with E-state index in [4.69, 9.17) is 0 Å². The van der Waals surface area contributed by atoms with E-state index in [0.29, 0.717) is 10.8 Å². The first kappa shape index (κ1) is 21.9. The molecule has 1 saturated heterocycles. The Bertz CT molecular complexity index is 316. The number of likely N-dealkylation sites (N-methyl/N-ethyl adjacent to an activating group) is 1. The number of hydrogen-bond acceptors (Lipinski definition) is 4. The summed E-state index contributed by atoms with van der Waals surface area (Å²) < 4.78 is 0. The van der Waals surface area contributed by atoms with Gasteiger partial charge in [-0.25, -0.2) is 0 Å². The van der Waals surface area contributed by atoms with Crippen molar-refractivity contribution in [3.63, 3.8) is 0 Å². The molecule has 4 nitrogen and oxygen atoms in total. The van der Waals surface area contributed by atoms with Gasteiger partial charge in [0.1, 0.15) is 0 Å². The lowest BCUT2D eigenvalue weighted by Gasteiger charge is -2.33. The van der Waals surface area contributed by atoms with Crippen molar-refractivity contribution in [2.45, 2.75) is 53.9 Å². The Labute approximate surface area is 151 Å². The molecule has 0 aromatic heterocycles. The zero-order valence-corrected chi connectivity index (χ0v) is 17.4. The quantitative estimate of drug-likeness (QED) is 0.566. The monoisotopic (exact) mass is 340 g/mol. The van der Waals surface area contributed by atoms with Gasteiger partial charge < -0.3 is 20.4 Å². The molecule has 4 heteroatoms. The SMILES string of the molecule is CN(CCNCCC(C)(C)C)CCC(C)(C)CCN1CCNCC1. The van der Waals surface area contributed by atoms with Gasteiger partial charge in [-0.3, -0.25) is 0 Å². The minimum Gasteiger partial charge on any atom is -0.315 e. The van der Waals surface area contributed by atoms with Crippen LogP contribution in [0, 0.1) is 10.8 Å². The van der Waals surface area contributed by atoms with E-state index in [-0.39, 0.29) is 0 Å². The molecule has 0 spiro atoms. The third-order valence-electron chi connectivity index (χ3n) is 5.21. The molecule has 1 aliphatic heterocycles. The minimum absolute atomic E-state index is 0.438. The fraction of sp³-hybridized carbons (Fsp3) is 1.00. The molecule has 24 heavy (non-hydrogen) atoms. The highest BCUT2D eigenvalue weighted by atomic mass is 15.2. The van der Waals surface area contributed by atoms with Crippen molar-refractivity contribution >= 4 is 0 Å². The van der Waals surface area contributed by atoms with Crippen LogP contribution >= 0.6 is 0 Å². The summed E-state index contributed by atoms with van der Waals surface area (Å²) in [5.74, 6) is 0. The highest BCUT2D eigenvalue weighted by molar-refractivity contribution is 4.75. The van der Waals surface area contributed by atoms with Crippen molar-refractivity contribution in [3.05, 3.63) is 0 Å². The summed E-state index contributed by atoms with van der Waals surface area (Å²) in [6.45, 7) is 22.4.